The molecule has 0 radical (unpaired) electrons. The van der Waals surface area contributed by atoms with Crippen LogP contribution in [0.1, 0.15) is 34.1 Å². The van der Waals surface area contributed by atoms with Crippen molar-refractivity contribution in [3.05, 3.63) is 46.4 Å². The van der Waals surface area contributed by atoms with Crippen molar-refractivity contribution in [1.82, 2.24) is 14.2 Å². The summed E-state index contributed by atoms with van der Waals surface area (Å²) < 4.78 is 25.3. The highest BCUT2D eigenvalue weighted by Gasteiger charge is 2.26. The number of hydrogen-bond donors (Lipinski definition) is 0. The van der Waals surface area contributed by atoms with E-state index in [1.807, 2.05) is 16.5 Å². The standard InChI is InChI=1S/C17H21N3O3S2/c1-19(2)25(22,23)15-5-3-14(4-6-15)17(21)20-10-7-13(8-11-20)16-18-9-12-24-16/h3-6,9,12-13H,7-8,10-11H2,1-2H3. The molecule has 1 aliphatic heterocycles. The minimum absolute atomic E-state index is 0.0496. The maximum absolute atomic E-state index is 12.6. The maximum Gasteiger partial charge on any atom is 0.253 e. The second-order valence-electron chi connectivity index (χ2n) is 6.25. The molecule has 0 unspecified atom stereocenters. The van der Waals surface area contributed by atoms with E-state index < -0.39 is 10.0 Å². The molecule has 0 N–H and O–H groups in total. The SMILES string of the molecule is CN(C)S(=O)(=O)c1ccc(C(=O)N2CCC(c3nccs3)CC2)cc1. The predicted octanol–water partition coefficient (Wildman–Crippen LogP) is 2.41. The number of amides is 1. The Morgan fingerprint density at radius 3 is 2.36 bits per heavy atom. The van der Waals surface area contributed by atoms with Crippen LogP contribution >= 0.6 is 11.3 Å². The van der Waals surface area contributed by atoms with Crippen LogP contribution in [0.4, 0.5) is 0 Å². The number of nitrogens with zero attached hydrogens (tertiary/aromatic N) is 3. The first-order chi connectivity index (χ1) is 11.9. The highest BCUT2D eigenvalue weighted by Crippen LogP contribution is 2.29. The lowest BCUT2D eigenvalue weighted by molar-refractivity contribution is 0.0713. The van der Waals surface area contributed by atoms with Crippen molar-refractivity contribution in [2.45, 2.75) is 23.7 Å². The highest BCUT2D eigenvalue weighted by molar-refractivity contribution is 7.89. The molecular weight excluding hydrogens is 358 g/mol. The minimum atomic E-state index is -3.47. The third kappa shape index (κ3) is 3.75. The molecule has 0 spiro atoms. The number of sulfonamides is 1. The third-order valence-electron chi connectivity index (χ3n) is 4.46. The lowest BCUT2D eigenvalue weighted by atomic mass is 9.97. The number of likely N-dealkylation sites (tertiary alicyclic amines) is 1. The van der Waals surface area contributed by atoms with Gasteiger partial charge in [-0.1, -0.05) is 0 Å². The van der Waals surface area contributed by atoms with E-state index in [1.54, 1.807) is 23.5 Å². The van der Waals surface area contributed by atoms with Crippen LogP contribution in [0.5, 0.6) is 0 Å². The zero-order chi connectivity index (χ0) is 18.0. The van der Waals surface area contributed by atoms with Crippen LogP contribution in [0, 0.1) is 0 Å². The number of piperidine rings is 1. The van der Waals surface area contributed by atoms with Crippen molar-refractivity contribution in [2.75, 3.05) is 27.2 Å². The Kier molecular flexibility index (Phi) is 5.21. The molecule has 0 bridgehead atoms. The molecule has 1 saturated heterocycles. The molecule has 1 amide bonds. The summed E-state index contributed by atoms with van der Waals surface area (Å²) in [6.07, 6.45) is 3.64. The molecule has 2 heterocycles. The van der Waals surface area contributed by atoms with Crippen LogP contribution in [-0.4, -0.2) is 55.7 Å². The molecule has 0 atom stereocenters. The van der Waals surface area contributed by atoms with Crippen LogP contribution in [0.3, 0.4) is 0 Å². The predicted molar refractivity (Wildman–Crippen MR) is 97.3 cm³/mol. The second kappa shape index (κ2) is 7.23. The summed E-state index contributed by atoms with van der Waals surface area (Å²) in [4.78, 5) is 19.0. The van der Waals surface area contributed by atoms with Gasteiger partial charge in [0.15, 0.2) is 0 Å². The third-order valence-corrected chi connectivity index (χ3v) is 7.23. The number of aromatic nitrogens is 1. The first-order valence-corrected chi connectivity index (χ1v) is 10.4. The van der Waals surface area contributed by atoms with Gasteiger partial charge in [-0.25, -0.2) is 17.7 Å². The Bertz CT molecular complexity index is 823. The number of hydrogen-bond acceptors (Lipinski definition) is 5. The first kappa shape index (κ1) is 18.0. The van der Waals surface area contributed by atoms with Crippen LogP contribution in [0.2, 0.25) is 0 Å². The maximum atomic E-state index is 12.6. The number of carbonyl (C=O) groups is 1. The van der Waals surface area contributed by atoms with Gasteiger partial charge >= 0.3 is 0 Å². The molecule has 6 nitrogen and oxygen atoms in total. The van der Waals surface area contributed by atoms with Gasteiger partial charge in [-0.15, -0.1) is 11.3 Å². The number of thiazole rings is 1. The summed E-state index contributed by atoms with van der Waals surface area (Å²) in [7, 11) is -0.500. The lowest BCUT2D eigenvalue weighted by Gasteiger charge is -2.31. The van der Waals surface area contributed by atoms with E-state index in [-0.39, 0.29) is 10.8 Å². The quantitative estimate of drug-likeness (QED) is 0.818. The Morgan fingerprint density at radius 2 is 1.84 bits per heavy atom. The molecule has 0 saturated carbocycles. The Labute approximate surface area is 152 Å². The van der Waals surface area contributed by atoms with Gasteiger partial charge in [0, 0.05) is 50.2 Å². The number of rotatable bonds is 4. The van der Waals surface area contributed by atoms with E-state index in [4.69, 9.17) is 0 Å². The molecule has 0 aliphatic carbocycles. The van der Waals surface area contributed by atoms with Gasteiger partial charge in [0.25, 0.3) is 5.91 Å². The smallest absolute Gasteiger partial charge is 0.253 e. The van der Waals surface area contributed by atoms with Crippen LogP contribution in [-0.2, 0) is 10.0 Å². The fourth-order valence-corrected chi connectivity index (χ4v) is 4.64. The fourth-order valence-electron chi connectivity index (χ4n) is 2.93. The summed E-state index contributed by atoms with van der Waals surface area (Å²) in [6, 6.07) is 6.16. The molecule has 2 aromatic rings. The average molecular weight is 380 g/mol. The zero-order valence-electron chi connectivity index (χ0n) is 14.3. The highest BCUT2D eigenvalue weighted by atomic mass is 32.2. The van der Waals surface area contributed by atoms with Crippen molar-refractivity contribution in [1.29, 1.82) is 0 Å². The largest absolute Gasteiger partial charge is 0.339 e. The summed E-state index contributed by atoms with van der Waals surface area (Å²) in [6.45, 7) is 1.39. The summed E-state index contributed by atoms with van der Waals surface area (Å²) in [5, 5.41) is 3.13. The molecule has 1 aromatic carbocycles. The van der Waals surface area contributed by atoms with Crippen molar-refractivity contribution < 1.29 is 13.2 Å². The summed E-state index contributed by atoms with van der Waals surface area (Å²) in [5.74, 6) is 0.378. The molecule has 134 valence electrons. The van der Waals surface area contributed by atoms with Crippen LogP contribution in [0.25, 0.3) is 0 Å². The molecule has 1 fully saturated rings. The number of carbonyl (C=O) groups excluding carboxylic acids is 1. The van der Waals surface area contributed by atoms with Gasteiger partial charge in [-0.05, 0) is 37.1 Å². The first-order valence-electron chi connectivity index (χ1n) is 8.11. The molecule has 1 aliphatic rings. The fraction of sp³-hybridized carbons (Fsp3) is 0.412. The van der Waals surface area contributed by atoms with Crippen molar-refractivity contribution in [3.63, 3.8) is 0 Å². The van der Waals surface area contributed by atoms with E-state index in [2.05, 4.69) is 4.98 Å². The van der Waals surface area contributed by atoms with Gasteiger partial charge in [-0.2, -0.15) is 0 Å². The van der Waals surface area contributed by atoms with Crippen molar-refractivity contribution in [2.24, 2.45) is 0 Å². The molecule has 25 heavy (non-hydrogen) atoms. The van der Waals surface area contributed by atoms with Gasteiger partial charge in [0.1, 0.15) is 0 Å². The monoisotopic (exact) mass is 379 g/mol. The topological polar surface area (TPSA) is 70.6 Å². The number of benzene rings is 1. The molecule has 8 heteroatoms. The zero-order valence-corrected chi connectivity index (χ0v) is 15.9. The molecule has 1 aromatic heterocycles. The lowest BCUT2D eigenvalue weighted by Crippen LogP contribution is -2.37. The average Bonchev–Trinajstić information content (AvgIpc) is 3.16. The van der Waals surface area contributed by atoms with Crippen LogP contribution in [0.15, 0.2) is 40.7 Å². The Balaban J connectivity index is 1.66. The van der Waals surface area contributed by atoms with Gasteiger partial charge in [0.2, 0.25) is 10.0 Å². The van der Waals surface area contributed by atoms with E-state index in [9.17, 15) is 13.2 Å². The summed E-state index contributed by atoms with van der Waals surface area (Å²) >= 11 is 1.67. The van der Waals surface area contributed by atoms with E-state index in [0.717, 1.165) is 22.2 Å². The van der Waals surface area contributed by atoms with E-state index >= 15 is 0 Å². The Hall–Kier alpha value is -1.77. The van der Waals surface area contributed by atoms with E-state index in [1.165, 1.54) is 26.2 Å². The van der Waals surface area contributed by atoms with E-state index in [0.29, 0.717) is 24.6 Å². The summed E-state index contributed by atoms with van der Waals surface area (Å²) in [5.41, 5.74) is 0.519. The Morgan fingerprint density at radius 1 is 1.20 bits per heavy atom. The molecule has 3 rings (SSSR count). The van der Waals surface area contributed by atoms with Crippen LogP contribution < -0.4 is 0 Å². The normalized spacial score (nSPS) is 16.4. The second-order valence-corrected chi connectivity index (χ2v) is 9.33. The van der Waals surface area contributed by atoms with Crippen molar-refractivity contribution >= 4 is 27.3 Å². The van der Waals surface area contributed by atoms with Gasteiger partial charge in [0.05, 0.1) is 9.90 Å². The van der Waals surface area contributed by atoms with Gasteiger partial charge in [-0.3, -0.25) is 4.79 Å². The van der Waals surface area contributed by atoms with Crippen molar-refractivity contribution in [3.8, 4) is 0 Å². The van der Waals surface area contributed by atoms with Gasteiger partial charge < -0.3 is 4.90 Å². The molecular formula is C17H21N3O3S2. The minimum Gasteiger partial charge on any atom is -0.339 e.